The number of aryl methyl sites for hydroxylation is 1. The number of rotatable bonds is 2. The van der Waals surface area contributed by atoms with E-state index in [0.717, 1.165) is 11.3 Å². The van der Waals surface area contributed by atoms with Gasteiger partial charge < -0.3 is 10.3 Å². The van der Waals surface area contributed by atoms with Crippen molar-refractivity contribution in [2.24, 2.45) is 0 Å². The molecular formula is C9H10N4O. The summed E-state index contributed by atoms with van der Waals surface area (Å²) in [6.45, 7) is 5.26. The average Bonchev–Trinajstić information content (AvgIpc) is 2.67. The number of H-pyrrole nitrogens is 1. The number of anilines is 1. The Morgan fingerprint density at radius 1 is 1.79 bits per heavy atom. The van der Waals surface area contributed by atoms with Gasteiger partial charge in [0.1, 0.15) is 5.65 Å². The minimum absolute atomic E-state index is 0.251. The number of carbonyl (C=O) groups is 1. The van der Waals surface area contributed by atoms with Crippen LogP contribution in [0.15, 0.2) is 24.9 Å². The monoisotopic (exact) mass is 190 g/mol. The molecule has 0 saturated carbocycles. The molecule has 0 bridgehead atoms. The Morgan fingerprint density at radius 2 is 2.57 bits per heavy atom. The third-order valence-corrected chi connectivity index (χ3v) is 1.85. The molecular weight excluding hydrogens is 180 g/mol. The number of aromatic nitrogens is 3. The minimum Gasteiger partial charge on any atom is -0.343 e. The van der Waals surface area contributed by atoms with Gasteiger partial charge in [-0.3, -0.25) is 4.79 Å². The Labute approximate surface area is 80.4 Å². The van der Waals surface area contributed by atoms with Crippen LogP contribution in [0.2, 0.25) is 0 Å². The number of hydrogen-bond donors (Lipinski definition) is 2. The van der Waals surface area contributed by atoms with E-state index in [9.17, 15) is 4.79 Å². The zero-order valence-corrected chi connectivity index (χ0v) is 7.74. The maximum atomic E-state index is 11.0. The predicted molar refractivity (Wildman–Crippen MR) is 53.1 cm³/mol. The molecule has 2 rings (SSSR count). The van der Waals surface area contributed by atoms with Crippen LogP contribution in [0.5, 0.6) is 0 Å². The topological polar surface area (TPSA) is 62.2 Å². The summed E-state index contributed by atoms with van der Waals surface area (Å²) in [4.78, 5) is 14.0. The van der Waals surface area contributed by atoms with Crippen LogP contribution in [0.4, 0.5) is 5.82 Å². The zero-order chi connectivity index (χ0) is 10.1. The fraction of sp³-hybridized carbons (Fsp3) is 0.111. The van der Waals surface area contributed by atoms with Crippen molar-refractivity contribution < 1.29 is 4.79 Å². The molecule has 0 spiro atoms. The largest absolute Gasteiger partial charge is 0.343 e. The molecule has 1 amide bonds. The fourth-order valence-corrected chi connectivity index (χ4v) is 1.26. The van der Waals surface area contributed by atoms with E-state index in [0.29, 0.717) is 5.82 Å². The molecule has 0 aromatic carbocycles. The van der Waals surface area contributed by atoms with Crippen LogP contribution in [-0.4, -0.2) is 20.5 Å². The van der Waals surface area contributed by atoms with Gasteiger partial charge in [0, 0.05) is 12.3 Å². The summed E-state index contributed by atoms with van der Waals surface area (Å²) < 4.78 is 1.64. The number of aromatic amines is 1. The molecule has 0 radical (unpaired) electrons. The maximum absolute atomic E-state index is 11.0. The summed E-state index contributed by atoms with van der Waals surface area (Å²) in [5.41, 5.74) is 1.74. The van der Waals surface area contributed by atoms with E-state index >= 15 is 0 Å². The van der Waals surface area contributed by atoms with Gasteiger partial charge in [-0.15, -0.1) is 0 Å². The van der Waals surface area contributed by atoms with Crippen LogP contribution in [0, 0.1) is 6.92 Å². The smallest absolute Gasteiger partial charge is 0.248 e. The highest BCUT2D eigenvalue weighted by molar-refractivity contribution is 5.98. The summed E-state index contributed by atoms with van der Waals surface area (Å²) in [6.07, 6.45) is 2.90. The van der Waals surface area contributed by atoms with Gasteiger partial charge in [-0.2, -0.15) is 9.61 Å². The molecule has 2 N–H and O–H groups in total. The molecule has 0 saturated heterocycles. The number of hydrogen-bond acceptors (Lipinski definition) is 2. The molecule has 72 valence electrons. The van der Waals surface area contributed by atoms with Crippen molar-refractivity contribution in [1.29, 1.82) is 0 Å². The lowest BCUT2D eigenvalue weighted by Crippen LogP contribution is -2.09. The third-order valence-electron chi connectivity index (χ3n) is 1.85. The summed E-state index contributed by atoms with van der Waals surface area (Å²) >= 11 is 0. The molecule has 0 aliphatic carbocycles. The number of amides is 1. The van der Waals surface area contributed by atoms with E-state index < -0.39 is 0 Å². The highest BCUT2D eigenvalue weighted by Crippen LogP contribution is 2.11. The molecule has 5 nitrogen and oxygen atoms in total. The number of fused-ring (bicyclic) bond motifs is 1. The Hall–Kier alpha value is -2.04. The van der Waals surface area contributed by atoms with E-state index in [1.807, 2.05) is 13.0 Å². The second kappa shape index (κ2) is 3.02. The Balaban J connectivity index is 2.41. The predicted octanol–water partition coefficient (Wildman–Crippen LogP) is 1.10. The Bertz CT molecular complexity index is 494. The molecule has 0 unspecified atom stereocenters. The van der Waals surface area contributed by atoms with E-state index in [4.69, 9.17) is 0 Å². The van der Waals surface area contributed by atoms with Gasteiger partial charge >= 0.3 is 0 Å². The Kier molecular flexibility index (Phi) is 1.85. The van der Waals surface area contributed by atoms with E-state index in [1.54, 1.807) is 10.7 Å². The molecule has 0 aliphatic heterocycles. The first-order valence-electron chi connectivity index (χ1n) is 4.18. The van der Waals surface area contributed by atoms with E-state index in [-0.39, 0.29) is 5.91 Å². The maximum Gasteiger partial charge on any atom is 0.248 e. The number of carbonyl (C=O) groups excluding carboxylic acids is 1. The van der Waals surface area contributed by atoms with Crippen molar-refractivity contribution in [3.8, 4) is 0 Å². The average molecular weight is 190 g/mol. The first-order chi connectivity index (χ1) is 6.70. The van der Waals surface area contributed by atoms with Crippen LogP contribution in [-0.2, 0) is 4.79 Å². The van der Waals surface area contributed by atoms with Crippen molar-refractivity contribution in [2.75, 3.05) is 5.32 Å². The quantitative estimate of drug-likeness (QED) is 0.696. The minimum atomic E-state index is -0.251. The second-order valence-electron chi connectivity index (χ2n) is 2.95. The lowest BCUT2D eigenvalue weighted by Gasteiger charge is -1.97. The molecule has 2 heterocycles. The third kappa shape index (κ3) is 1.28. The highest BCUT2D eigenvalue weighted by atomic mass is 16.1. The van der Waals surface area contributed by atoms with Crippen molar-refractivity contribution in [2.45, 2.75) is 6.92 Å². The van der Waals surface area contributed by atoms with Gasteiger partial charge in [0.2, 0.25) is 5.91 Å². The molecule has 0 atom stereocenters. The van der Waals surface area contributed by atoms with Gasteiger partial charge in [-0.1, -0.05) is 6.58 Å². The van der Waals surface area contributed by atoms with Crippen LogP contribution in [0.25, 0.3) is 5.65 Å². The van der Waals surface area contributed by atoms with Crippen LogP contribution >= 0.6 is 0 Å². The van der Waals surface area contributed by atoms with Crippen LogP contribution in [0.1, 0.15) is 5.69 Å². The normalized spacial score (nSPS) is 10.4. The number of imidazole rings is 1. The van der Waals surface area contributed by atoms with E-state index in [2.05, 4.69) is 22.0 Å². The first-order valence-corrected chi connectivity index (χ1v) is 4.18. The zero-order valence-electron chi connectivity index (χ0n) is 7.74. The number of nitrogens with zero attached hydrogens (tertiary/aromatic N) is 2. The molecule has 0 aliphatic rings. The van der Waals surface area contributed by atoms with Gasteiger partial charge in [-0.25, -0.2) is 0 Å². The van der Waals surface area contributed by atoms with Crippen molar-refractivity contribution in [3.63, 3.8) is 0 Å². The van der Waals surface area contributed by atoms with Gasteiger partial charge in [0.05, 0.1) is 5.69 Å². The SMILES string of the molecule is C=CC(=O)Nc1c[nH]c2cc(C)nn12. The van der Waals surface area contributed by atoms with Crippen molar-refractivity contribution in [3.05, 3.63) is 30.6 Å². The van der Waals surface area contributed by atoms with Gasteiger partial charge in [0.25, 0.3) is 0 Å². The highest BCUT2D eigenvalue weighted by Gasteiger charge is 2.06. The summed E-state index contributed by atoms with van der Waals surface area (Å²) in [7, 11) is 0. The molecule has 0 fully saturated rings. The number of nitrogens with one attached hydrogen (secondary N) is 2. The van der Waals surface area contributed by atoms with Crippen molar-refractivity contribution >= 4 is 17.4 Å². The lowest BCUT2D eigenvalue weighted by atomic mass is 10.5. The molecule has 2 aromatic rings. The Morgan fingerprint density at radius 3 is 3.29 bits per heavy atom. The summed E-state index contributed by atoms with van der Waals surface area (Å²) in [5, 5.41) is 6.84. The molecule has 14 heavy (non-hydrogen) atoms. The second-order valence-corrected chi connectivity index (χ2v) is 2.95. The standard InChI is InChI=1S/C9H10N4O/c1-3-9(14)11-8-5-10-7-4-6(2)12-13(7)8/h3-5,10H,1H2,2H3,(H,11,14). The fourth-order valence-electron chi connectivity index (χ4n) is 1.26. The summed E-state index contributed by atoms with van der Waals surface area (Å²) in [5.74, 6) is 0.358. The van der Waals surface area contributed by atoms with Gasteiger partial charge in [0.15, 0.2) is 5.82 Å². The lowest BCUT2D eigenvalue weighted by molar-refractivity contribution is -0.111. The van der Waals surface area contributed by atoms with E-state index in [1.165, 1.54) is 6.08 Å². The van der Waals surface area contributed by atoms with Crippen LogP contribution < -0.4 is 5.32 Å². The van der Waals surface area contributed by atoms with Crippen molar-refractivity contribution in [1.82, 2.24) is 14.6 Å². The molecule has 2 aromatic heterocycles. The molecule has 5 heteroatoms. The van der Waals surface area contributed by atoms with Gasteiger partial charge in [-0.05, 0) is 13.0 Å². The summed E-state index contributed by atoms with van der Waals surface area (Å²) in [6, 6.07) is 1.89. The van der Waals surface area contributed by atoms with Crippen LogP contribution in [0.3, 0.4) is 0 Å². The first kappa shape index (κ1) is 8.55.